The van der Waals surface area contributed by atoms with E-state index in [0.29, 0.717) is 0 Å². The molecule has 2 aliphatic heterocycles. The van der Waals surface area contributed by atoms with Crippen LogP contribution in [0.5, 0.6) is 0 Å². The van der Waals surface area contributed by atoms with Gasteiger partial charge in [0.25, 0.3) is 0 Å². The highest BCUT2D eigenvalue weighted by Crippen LogP contribution is 2.35. The number of aliphatic carboxylic acids is 1. The minimum atomic E-state index is -5.08. The number of hydrogen-bond donors (Lipinski definition) is 1. The molecule has 0 aliphatic carbocycles. The van der Waals surface area contributed by atoms with Gasteiger partial charge in [-0.15, -0.1) is 10.2 Å². The van der Waals surface area contributed by atoms with Crippen molar-refractivity contribution in [3.63, 3.8) is 0 Å². The van der Waals surface area contributed by atoms with Gasteiger partial charge in [0.05, 0.1) is 19.8 Å². The normalized spacial score (nSPS) is 22.6. The van der Waals surface area contributed by atoms with Crippen molar-refractivity contribution < 1.29 is 27.8 Å². The summed E-state index contributed by atoms with van der Waals surface area (Å²) in [6.45, 7) is 6.59. The molecule has 1 atom stereocenters. The highest BCUT2D eigenvalue weighted by Gasteiger charge is 2.40. The molecule has 2 aromatic heterocycles. The maximum Gasteiger partial charge on any atom is 0.490 e. The van der Waals surface area contributed by atoms with E-state index in [0.717, 1.165) is 56.9 Å². The molecule has 31 heavy (non-hydrogen) atoms. The first-order valence-electron chi connectivity index (χ1n) is 9.76. The summed E-state index contributed by atoms with van der Waals surface area (Å²) in [5, 5.41) is 16.4. The van der Waals surface area contributed by atoms with Crippen molar-refractivity contribution in [3.05, 3.63) is 23.7 Å². The summed E-state index contributed by atoms with van der Waals surface area (Å²) < 4.78 is 39.8. The zero-order valence-corrected chi connectivity index (χ0v) is 17.9. The van der Waals surface area contributed by atoms with Gasteiger partial charge in [0.15, 0.2) is 0 Å². The maximum absolute atomic E-state index is 10.6. The van der Waals surface area contributed by atoms with Crippen molar-refractivity contribution in [1.82, 2.24) is 24.6 Å². The Morgan fingerprint density at radius 2 is 2.13 bits per heavy atom. The Hall–Kier alpha value is -2.25. The topological polar surface area (TPSA) is 96.6 Å². The lowest BCUT2D eigenvalue weighted by atomic mass is 9.80. The Morgan fingerprint density at radius 3 is 2.74 bits per heavy atom. The maximum atomic E-state index is 10.6. The Bertz CT molecular complexity index is 847. The number of aryl methyl sites for hydroxylation is 1. The van der Waals surface area contributed by atoms with E-state index >= 15 is 0 Å². The van der Waals surface area contributed by atoms with E-state index in [2.05, 4.69) is 36.6 Å². The van der Waals surface area contributed by atoms with Crippen LogP contribution in [-0.4, -0.2) is 81.3 Å². The molecule has 1 unspecified atom stereocenters. The molecule has 0 saturated carbocycles. The van der Waals surface area contributed by atoms with Gasteiger partial charge >= 0.3 is 12.1 Å². The number of nitrogens with zero attached hydrogens (tertiary/aromatic N) is 6. The molecule has 172 valence electrons. The van der Waals surface area contributed by atoms with Gasteiger partial charge in [-0.05, 0) is 19.4 Å². The van der Waals surface area contributed by atoms with E-state index in [9.17, 15) is 13.2 Å². The molecule has 2 fully saturated rings. The third-order valence-corrected chi connectivity index (χ3v) is 6.08. The van der Waals surface area contributed by atoms with Crippen molar-refractivity contribution in [2.24, 2.45) is 12.5 Å². The minimum absolute atomic E-state index is 0.172. The molecule has 2 aromatic rings. The third-order valence-electron chi connectivity index (χ3n) is 5.33. The lowest BCUT2D eigenvalue weighted by Crippen LogP contribution is -2.50. The molecule has 2 aliphatic rings. The number of alkyl halides is 3. The summed E-state index contributed by atoms with van der Waals surface area (Å²) in [5.41, 5.74) is 1.98. The summed E-state index contributed by atoms with van der Waals surface area (Å²) >= 11 is 1.61. The average molecular weight is 462 g/mol. The highest BCUT2D eigenvalue weighted by atomic mass is 32.1. The molecule has 0 amide bonds. The molecule has 4 rings (SSSR count). The van der Waals surface area contributed by atoms with Crippen LogP contribution in [0.3, 0.4) is 0 Å². The molecule has 2 saturated heterocycles. The molecule has 0 bridgehead atoms. The summed E-state index contributed by atoms with van der Waals surface area (Å²) in [5.74, 6) is -1.63. The number of carboxylic acid groups (broad SMARTS) is 1. The van der Waals surface area contributed by atoms with Crippen LogP contribution in [-0.2, 0) is 23.1 Å². The van der Waals surface area contributed by atoms with Crippen LogP contribution in [0.1, 0.15) is 18.7 Å². The summed E-state index contributed by atoms with van der Waals surface area (Å²) in [7, 11) is 2.06. The van der Waals surface area contributed by atoms with E-state index in [4.69, 9.17) is 14.6 Å². The SMILES string of the molecule is Cn1ccnc1CN1CCCC2(COCCN(c3nncs3)C2)C1.O=C(O)C(F)(F)F. The Morgan fingerprint density at radius 1 is 1.35 bits per heavy atom. The molecular weight excluding hydrogens is 437 g/mol. The number of rotatable bonds is 3. The van der Waals surface area contributed by atoms with Gasteiger partial charge in [0.1, 0.15) is 11.3 Å². The first-order chi connectivity index (χ1) is 14.7. The minimum Gasteiger partial charge on any atom is -0.475 e. The number of anilines is 1. The molecule has 1 N–H and O–H groups in total. The standard InChI is InChI=1S/C16H24N6OS.C2HF3O2/c1-20-6-4-17-14(20)9-21-5-2-3-16(10-21)11-22(7-8-23-12-16)15-19-18-13-24-15;3-2(4,5)1(6)7/h4,6,13H,2-3,5,7-12H2,1H3;(H,6,7). The molecule has 1 spiro atoms. The van der Waals surface area contributed by atoms with Gasteiger partial charge in [-0.1, -0.05) is 11.3 Å². The highest BCUT2D eigenvalue weighted by molar-refractivity contribution is 7.13. The number of piperidine rings is 1. The van der Waals surface area contributed by atoms with Crippen LogP contribution in [0.2, 0.25) is 0 Å². The van der Waals surface area contributed by atoms with Gasteiger partial charge in [0.2, 0.25) is 5.13 Å². The van der Waals surface area contributed by atoms with Crippen LogP contribution in [0, 0.1) is 5.41 Å². The Balaban J connectivity index is 0.000000339. The summed E-state index contributed by atoms with van der Waals surface area (Å²) in [6, 6.07) is 0. The largest absolute Gasteiger partial charge is 0.490 e. The predicted molar refractivity (Wildman–Crippen MR) is 107 cm³/mol. The fourth-order valence-electron chi connectivity index (χ4n) is 3.90. The number of carboxylic acids is 1. The fraction of sp³-hybridized carbons (Fsp3) is 0.667. The average Bonchev–Trinajstić information content (AvgIpc) is 3.33. The van der Waals surface area contributed by atoms with Gasteiger partial charge < -0.3 is 19.3 Å². The zero-order chi connectivity index (χ0) is 22.5. The second-order valence-electron chi connectivity index (χ2n) is 7.77. The van der Waals surface area contributed by atoms with Crippen molar-refractivity contribution in [2.45, 2.75) is 25.6 Å². The van der Waals surface area contributed by atoms with Crippen LogP contribution < -0.4 is 4.90 Å². The van der Waals surface area contributed by atoms with Crippen LogP contribution in [0.4, 0.5) is 18.3 Å². The third kappa shape index (κ3) is 6.37. The number of halogens is 3. The van der Waals surface area contributed by atoms with E-state index < -0.39 is 12.1 Å². The van der Waals surface area contributed by atoms with E-state index in [-0.39, 0.29) is 5.41 Å². The van der Waals surface area contributed by atoms with Crippen molar-refractivity contribution >= 4 is 22.4 Å². The summed E-state index contributed by atoms with van der Waals surface area (Å²) in [6.07, 6.45) is 1.22. The summed E-state index contributed by atoms with van der Waals surface area (Å²) in [4.78, 5) is 18.3. The van der Waals surface area contributed by atoms with Crippen LogP contribution in [0.15, 0.2) is 17.9 Å². The van der Waals surface area contributed by atoms with Gasteiger partial charge in [-0.2, -0.15) is 13.2 Å². The molecular formula is C18H25F3N6O3S. The Kier molecular flexibility index (Phi) is 7.49. The predicted octanol–water partition coefficient (Wildman–Crippen LogP) is 2.02. The molecule has 0 radical (unpaired) electrons. The van der Waals surface area contributed by atoms with Crippen LogP contribution in [0.25, 0.3) is 0 Å². The van der Waals surface area contributed by atoms with Gasteiger partial charge in [0, 0.05) is 44.5 Å². The number of carbonyl (C=O) groups is 1. The second-order valence-corrected chi connectivity index (χ2v) is 8.58. The van der Waals surface area contributed by atoms with E-state index in [1.807, 2.05) is 17.9 Å². The van der Waals surface area contributed by atoms with E-state index in [1.165, 1.54) is 12.8 Å². The number of imidazole rings is 1. The number of aromatic nitrogens is 4. The molecule has 13 heteroatoms. The van der Waals surface area contributed by atoms with Gasteiger partial charge in [-0.3, -0.25) is 4.90 Å². The fourth-order valence-corrected chi connectivity index (χ4v) is 4.49. The van der Waals surface area contributed by atoms with Crippen molar-refractivity contribution in [3.8, 4) is 0 Å². The lowest BCUT2D eigenvalue weighted by molar-refractivity contribution is -0.192. The van der Waals surface area contributed by atoms with Crippen LogP contribution >= 0.6 is 11.3 Å². The first-order valence-corrected chi connectivity index (χ1v) is 10.6. The first kappa shape index (κ1) is 23.4. The van der Waals surface area contributed by atoms with Gasteiger partial charge in [-0.25, -0.2) is 9.78 Å². The van der Waals surface area contributed by atoms with Crippen molar-refractivity contribution in [2.75, 3.05) is 44.3 Å². The lowest BCUT2D eigenvalue weighted by Gasteiger charge is -2.43. The monoisotopic (exact) mass is 462 g/mol. The number of hydrogen-bond acceptors (Lipinski definition) is 8. The number of likely N-dealkylation sites (tertiary alicyclic amines) is 1. The molecule has 4 heterocycles. The zero-order valence-electron chi connectivity index (χ0n) is 17.1. The molecule has 9 nitrogen and oxygen atoms in total. The smallest absolute Gasteiger partial charge is 0.475 e. The second kappa shape index (κ2) is 9.92. The van der Waals surface area contributed by atoms with E-state index in [1.54, 1.807) is 11.3 Å². The Labute approximate surface area is 181 Å². The van der Waals surface area contributed by atoms with Crippen molar-refractivity contribution in [1.29, 1.82) is 0 Å². The quantitative estimate of drug-likeness (QED) is 0.740. The number of ether oxygens (including phenoxy) is 1. The molecule has 0 aromatic carbocycles.